The lowest BCUT2D eigenvalue weighted by molar-refractivity contribution is 0.380. The van der Waals surface area contributed by atoms with Gasteiger partial charge in [-0.3, -0.25) is 4.55 Å². The Balaban J connectivity index is 4.12. The highest BCUT2D eigenvalue weighted by atomic mass is 32.2. The molecule has 0 aliphatic heterocycles. The summed E-state index contributed by atoms with van der Waals surface area (Å²) in [6, 6.07) is 0. The molecule has 0 fully saturated rings. The molecule has 80 valence electrons. The molecule has 1 unspecified atom stereocenters. The minimum Gasteiger partial charge on any atom is -0.309 e. The van der Waals surface area contributed by atoms with E-state index >= 15 is 0 Å². The summed E-state index contributed by atoms with van der Waals surface area (Å²) in [5.41, 5.74) is 0. The predicted octanol–water partition coefficient (Wildman–Crippen LogP) is 0.995. The summed E-state index contributed by atoms with van der Waals surface area (Å²) in [4.78, 5) is 1.91. The molecule has 1 N–H and O–H groups in total. The van der Waals surface area contributed by atoms with Gasteiger partial charge in [-0.25, -0.2) is 0 Å². The normalized spacial score (nSPS) is 14.8. The van der Waals surface area contributed by atoms with Crippen molar-refractivity contribution in [3.63, 3.8) is 0 Å². The van der Waals surface area contributed by atoms with Gasteiger partial charge in [0.1, 0.15) is 0 Å². The Kier molecular flexibility index (Phi) is 5.51. The van der Waals surface area contributed by atoms with Gasteiger partial charge in [0.05, 0.1) is 5.25 Å². The molecule has 13 heavy (non-hydrogen) atoms. The molecule has 0 rings (SSSR count). The lowest BCUT2D eigenvalue weighted by Gasteiger charge is -2.15. The topological polar surface area (TPSA) is 57.6 Å². The first-order chi connectivity index (χ1) is 5.88. The molecule has 0 aromatic rings. The van der Waals surface area contributed by atoms with E-state index < -0.39 is 15.4 Å². The molecule has 0 bridgehead atoms. The minimum absolute atomic E-state index is 0.500. The van der Waals surface area contributed by atoms with Gasteiger partial charge in [-0.2, -0.15) is 8.42 Å². The molecule has 0 saturated heterocycles. The van der Waals surface area contributed by atoms with Crippen LogP contribution >= 0.6 is 0 Å². The lowest BCUT2D eigenvalue weighted by atomic mass is 10.2. The second-order valence-electron chi connectivity index (χ2n) is 3.52. The van der Waals surface area contributed by atoms with Crippen molar-refractivity contribution in [2.24, 2.45) is 0 Å². The van der Waals surface area contributed by atoms with Crippen LogP contribution in [-0.2, 0) is 10.1 Å². The van der Waals surface area contributed by atoms with Crippen molar-refractivity contribution in [3.05, 3.63) is 0 Å². The summed E-state index contributed by atoms with van der Waals surface area (Å²) < 4.78 is 30.6. The summed E-state index contributed by atoms with van der Waals surface area (Å²) >= 11 is 0. The average molecular weight is 209 g/mol. The van der Waals surface area contributed by atoms with E-state index in [0.717, 1.165) is 6.42 Å². The lowest BCUT2D eigenvalue weighted by Crippen LogP contribution is -2.25. The zero-order valence-electron chi connectivity index (χ0n) is 8.52. The van der Waals surface area contributed by atoms with Crippen molar-refractivity contribution in [1.82, 2.24) is 4.90 Å². The van der Waals surface area contributed by atoms with Crippen molar-refractivity contribution in [1.29, 1.82) is 0 Å². The standard InChI is InChI=1S/C8H19NO3S/c1-4-5-8(13(10,11)12)6-7-9(2)3/h8H,4-7H2,1-3H3,(H,10,11,12). The number of nitrogens with zero attached hydrogens (tertiary/aromatic N) is 1. The smallest absolute Gasteiger partial charge is 0.267 e. The fourth-order valence-corrected chi connectivity index (χ4v) is 2.10. The van der Waals surface area contributed by atoms with Gasteiger partial charge in [-0.1, -0.05) is 13.3 Å². The molecule has 0 heterocycles. The first-order valence-corrected chi connectivity index (χ1v) is 5.99. The number of hydrogen-bond donors (Lipinski definition) is 1. The van der Waals surface area contributed by atoms with Crippen LogP contribution in [0.5, 0.6) is 0 Å². The Labute approximate surface area is 80.7 Å². The Morgan fingerprint density at radius 1 is 1.31 bits per heavy atom. The van der Waals surface area contributed by atoms with Crippen LogP contribution < -0.4 is 0 Å². The maximum atomic E-state index is 10.9. The molecule has 0 amide bonds. The summed E-state index contributed by atoms with van der Waals surface area (Å²) in [5.74, 6) is 0. The van der Waals surface area contributed by atoms with E-state index in [1.54, 1.807) is 0 Å². The van der Waals surface area contributed by atoms with Crippen LogP contribution in [-0.4, -0.2) is 43.8 Å². The Morgan fingerprint density at radius 3 is 2.15 bits per heavy atom. The Morgan fingerprint density at radius 2 is 1.85 bits per heavy atom. The number of hydrogen-bond acceptors (Lipinski definition) is 3. The summed E-state index contributed by atoms with van der Waals surface area (Å²) in [7, 11) is -0.0855. The fraction of sp³-hybridized carbons (Fsp3) is 1.00. The van der Waals surface area contributed by atoms with Gasteiger partial charge in [0.2, 0.25) is 0 Å². The quantitative estimate of drug-likeness (QED) is 0.663. The van der Waals surface area contributed by atoms with Crippen LogP contribution in [0.1, 0.15) is 26.2 Å². The van der Waals surface area contributed by atoms with Gasteiger partial charge >= 0.3 is 0 Å². The van der Waals surface area contributed by atoms with Crippen LogP contribution in [0.4, 0.5) is 0 Å². The minimum atomic E-state index is -3.85. The molecule has 0 aliphatic carbocycles. The van der Waals surface area contributed by atoms with E-state index in [9.17, 15) is 8.42 Å². The highest BCUT2D eigenvalue weighted by molar-refractivity contribution is 7.86. The summed E-state index contributed by atoms with van der Waals surface area (Å²) in [6.07, 6.45) is 1.81. The van der Waals surface area contributed by atoms with Crippen molar-refractivity contribution in [3.8, 4) is 0 Å². The molecule has 1 atom stereocenters. The van der Waals surface area contributed by atoms with E-state index in [2.05, 4.69) is 0 Å². The van der Waals surface area contributed by atoms with Gasteiger partial charge in [0.15, 0.2) is 0 Å². The van der Waals surface area contributed by atoms with E-state index in [-0.39, 0.29) is 0 Å². The van der Waals surface area contributed by atoms with E-state index in [1.165, 1.54) is 0 Å². The monoisotopic (exact) mass is 209 g/mol. The van der Waals surface area contributed by atoms with E-state index in [4.69, 9.17) is 4.55 Å². The first kappa shape index (κ1) is 12.9. The van der Waals surface area contributed by atoms with E-state index in [1.807, 2.05) is 25.9 Å². The molecule has 0 aliphatic rings. The van der Waals surface area contributed by atoms with Crippen LogP contribution in [0.15, 0.2) is 0 Å². The third-order valence-electron chi connectivity index (χ3n) is 1.93. The third kappa shape index (κ3) is 6.01. The van der Waals surface area contributed by atoms with Crippen LogP contribution in [0.25, 0.3) is 0 Å². The average Bonchev–Trinajstić information content (AvgIpc) is 1.95. The largest absolute Gasteiger partial charge is 0.309 e. The van der Waals surface area contributed by atoms with Crippen molar-refractivity contribution in [2.75, 3.05) is 20.6 Å². The summed E-state index contributed by atoms with van der Waals surface area (Å²) in [5, 5.41) is -0.597. The molecule has 0 aromatic heterocycles. The van der Waals surface area contributed by atoms with Crippen molar-refractivity contribution >= 4 is 10.1 Å². The molecular formula is C8H19NO3S. The van der Waals surface area contributed by atoms with Crippen LogP contribution in [0.3, 0.4) is 0 Å². The predicted molar refractivity (Wildman–Crippen MR) is 53.4 cm³/mol. The maximum absolute atomic E-state index is 10.9. The van der Waals surface area contributed by atoms with Gasteiger partial charge in [-0.15, -0.1) is 0 Å². The third-order valence-corrected chi connectivity index (χ3v) is 3.24. The van der Waals surface area contributed by atoms with Crippen molar-refractivity contribution in [2.45, 2.75) is 31.4 Å². The summed E-state index contributed by atoms with van der Waals surface area (Å²) in [6.45, 7) is 2.60. The number of rotatable bonds is 6. The van der Waals surface area contributed by atoms with Gasteiger partial charge < -0.3 is 4.90 Å². The van der Waals surface area contributed by atoms with Gasteiger partial charge in [0.25, 0.3) is 10.1 Å². The highest BCUT2D eigenvalue weighted by Crippen LogP contribution is 2.11. The fourth-order valence-electron chi connectivity index (χ4n) is 1.17. The SMILES string of the molecule is CCCC(CCN(C)C)S(=O)(=O)O. The molecule has 0 aromatic carbocycles. The zero-order valence-corrected chi connectivity index (χ0v) is 9.34. The molecule has 0 spiro atoms. The molecular weight excluding hydrogens is 190 g/mol. The van der Waals surface area contributed by atoms with Crippen LogP contribution in [0.2, 0.25) is 0 Å². The highest BCUT2D eigenvalue weighted by Gasteiger charge is 2.21. The molecule has 4 nitrogen and oxygen atoms in total. The van der Waals surface area contributed by atoms with E-state index in [0.29, 0.717) is 19.4 Å². The van der Waals surface area contributed by atoms with Gasteiger partial charge in [-0.05, 0) is 33.5 Å². The Bertz CT molecular complexity index is 224. The van der Waals surface area contributed by atoms with Crippen molar-refractivity contribution < 1.29 is 13.0 Å². The van der Waals surface area contributed by atoms with Gasteiger partial charge in [0, 0.05) is 0 Å². The van der Waals surface area contributed by atoms with Crippen LogP contribution in [0, 0.1) is 0 Å². The molecule has 5 heteroatoms. The zero-order chi connectivity index (χ0) is 10.5. The molecule has 0 radical (unpaired) electrons. The second-order valence-corrected chi connectivity index (χ2v) is 5.21. The Hall–Kier alpha value is -0.130. The molecule has 0 saturated carbocycles. The maximum Gasteiger partial charge on any atom is 0.267 e. The first-order valence-electron chi connectivity index (χ1n) is 4.49. The second kappa shape index (κ2) is 5.57.